The van der Waals surface area contributed by atoms with E-state index in [2.05, 4.69) is 0 Å². The lowest BCUT2D eigenvalue weighted by Gasteiger charge is -2.52. The molecule has 36 heavy (non-hydrogen) atoms. The summed E-state index contributed by atoms with van der Waals surface area (Å²) < 4.78 is 5.24. The molecule has 1 aliphatic heterocycles. The lowest BCUT2D eigenvalue weighted by atomic mass is 9.46. The zero-order valence-electron chi connectivity index (χ0n) is 20.2. The second-order valence-electron chi connectivity index (χ2n) is 10.0. The van der Waals surface area contributed by atoms with Crippen LogP contribution in [0.3, 0.4) is 0 Å². The summed E-state index contributed by atoms with van der Waals surface area (Å²) in [5.74, 6) is -3.15. The molecule has 3 aromatic rings. The van der Waals surface area contributed by atoms with Crippen molar-refractivity contribution in [1.29, 1.82) is 0 Å². The molecule has 180 valence electrons. The first kappa shape index (κ1) is 22.4. The number of imide groups is 1. The first-order chi connectivity index (χ1) is 17.3. The highest BCUT2D eigenvalue weighted by atomic mass is 16.5. The topological polar surface area (TPSA) is 80.8 Å². The minimum absolute atomic E-state index is 0.148. The van der Waals surface area contributed by atoms with Crippen LogP contribution in [0, 0.1) is 11.8 Å². The molecule has 2 atom stereocenters. The second-order valence-corrected chi connectivity index (χ2v) is 10.0. The molecule has 0 radical (unpaired) electrons. The number of nitrogens with zero attached hydrogens (tertiary/aromatic N) is 1. The van der Waals surface area contributed by atoms with Crippen LogP contribution in [0.15, 0.2) is 72.8 Å². The van der Waals surface area contributed by atoms with Gasteiger partial charge in [-0.2, -0.15) is 0 Å². The van der Waals surface area contributed by atoms with Gasteiger partial charge in [0.25, 0.3) is 0 Å². The van der Waals surface area contributed by atoms with E-state index < -0.39 is 23.2 Å². The summed E-state index contributed by atoms with van der Waals surface area (Å²) >= 11 is 0. The number of anilines is 1. The van der Waals surface area contributed by atoms with Crippen LogP contribution < -0.4 is 4.90 Å². The molecule has 1 saturated heterocycles. The second kappa shape index (κ2) is 7.72. The van der Waals surface area contributed by atoms with Crippen LogP contribution >= 0.6 is 0 Å². The van der Waals surface area contributed by atoms with E-state index in [0.717, 1.165) is 22.3 Å². The van der Waals surface area contributed by atoms with E-state index in [0.29, 0.717) is 11.3 Å². The van der Waals surface area contributed by atoms with Gasteiger partial charge in [-0.25, -0.2) is 9.69 Å². The number of carbonyl (C=O) groups is 4. The molecule has 0 saturated carbocycles. The van der Waals surface area contributed by atoms with Gasteiger partial charge < -0.3 is 4.74 Å². The fourth-order valence-electron chi connectivity index (χ4n) is 6.65. The highest BCUT2D eigenvalue weighted by molar-refractivity contribution is 6.25. The molecule has 6 heteroatoms. The monoisotopic (exact) mass is 479 g/mol. The van der Waals surface area contributed by atoms with Gasteiger partial charge in [-0.15, -0.1) is 0 Å². The fraction of sp³-hybridized carbons (Fsp3) is 0.267. The van der Waals surface area contributed by atoms with Crippen LogP contribution in [0.4, 0.5) is 5.69 Å². The van der Waals surface area contributed by atoms with Gasteiger partial charge in [0.2, 0.25) is 11.8 Å². The number of rotatable bonds is 4. The first-order valence-electron chi connectivity index (χ1n) is 12.2. The zero-order valence-corrected chi connectivity index (χ0v) is 20.2. The molecule has 0 unspecified atom stereocenters. The van der Waals surface area contributed by atoms with Gasteiger partial charge >= 0.3 is 5.97 Å². The number of ketones is 1. The van der Waals surface area contributed by atoms with Crippen molar-refractivity contribution in [1.82, 2.24) is 0 Å². The van der Waals surface area contributed by atoms with E-state index in [9.17, 15) is 19.2 Å². The Labute approximate surface area is 208 Å². The Balaban J connectivity index is 1.50. The highest BCUT2D eigenvalue weighted by Gasteiger charge is 2.69. The van der Waals surface area contributed by atoms with E-state index in [4.69, 9.17) is 4.74 Å². The number of amides is 2. The molecule has 2 amide bonds. The van der Waals surface area contributed by atoms with Crippen molar-refractivity contribution in [3.63, 3.8) is 0 Å². The average Bonchev–Trinajstić information content (AvgIpc) is 3.14. The normalized spacial score (nSPS) is 25.4. The van der Waals surface area contributed by atoms with Crippen LogP contribution in [0.5, 0.6) is 0 Å². The largest absolute Gasteiger partial charge is 0.459 e. The predicted octanol–water partition coefficient (Wildman–Crippen LogP) is 4.39. The SMILES string of the molecule is CC(=O)C12c3ccccc3C(c3ccccc31)[C@H]1C(=O)N(c3ccc(C(=O)OC(C)C)cc3)C(=O)[C@@H]12. The Kier molecular flexibility index (Phi) is 4.80. The fourth-order valence-corrected chi connectivity index (χ4v) is 6.65. The van der Waals surface area contributed by atoms with Crippen molar-refractivity contribution in [3.05, 3.63) is 101 Å². The van der Waals surface area contributed by atoms with Gasteiger partial charge in [0.1, 0.15) is 5.78 Å². The van der Waals surface area contributed by atoms with Gasteiger partial charge in [0.05, 0.1) is 34.6 Å². The van der Waals surface area contributed by atoms with Gasteiger partial charge in [0, 0.05) is 5.92 Å². The van der Waals surface area contributed by atoms with Gasteiger partial charge in [-0.05, 0) is 67.3 Å². The number of ether oxygens (including phenoxy) is 1. The van der Waals surface area contributed by atoms with E-state index in [-0.39, 0.29) is 29.6 Å². The summed E-state index contributed by atoms with van der Waals surface area (Å²) in [4.78, 5) is 55.2. The minimum Gasteiger partial charge on any atom is -0.459 e. The molecular formula is C30H25NO5. The molecular weight excluding hydrogens is 454 g/mol. The van der Waals surface area contributed by atoms with Crippen LogP contribution in [-0.4, -0.2) is 29.7 Å². The molecule has 2 bridgehead atoms. The van der Waals surface area contributed by atoms with Crippen LogP contribution in [-0.2, 0) is 24.5 Å². The Morgan fingerprint density at radius 2 is 1.39 bits per heavy atom. The minimum atomic E-state index is -1.23. The van der Waals surface area contributed by atoms with E-state index in [1.165, 1.54) is 11.8 Å². The number of hydrogen-bond donors (Lipinski definition) is 0. The van der Waals surface area contributed by atoms with Gasteiger partial charge in [-0.3, -0.25) is 14.4 Å². The Hall–Kier alpha value is -4.06. The summed E-state index contributed by atoms with van der Waals surface area (Å²) in [6.45, 7) is 5.06. The van der Waals surface area contributed by atoms with Crippen LogP contribution in [0.2, 0.25) is 0 Å². The molecule has 7 rings (SSSR count). The lowest BCUT2D eigenvalue weighted by Crippen LogP contribution is -2.57. The first-order valence-corrected chi connectivity index (χ1v) is 12.2. The molecule has 3 aliphatic carbocycles. The molecule has 0 N–H and O–H groups in total. The molecule has 6 nitrogen and oxygen atoms in total. The molecule has 0 aromatic heterocycles. The van der Waals surface area contributed by atoms with Crippen molar-refractivity contribution in [2.45, 2.75) is 38.2 Å². The zero-order chi connectivity index (χ0) is 25.4. The standard InChI is InChI=1S/C30H25NO5/c1-16(2)36-29(35)18-12-14-19(15-13-18)31-27(33)25-24-20-8-4-6-10-22(20)30(17(3)32,26(25)28(31)34)23-11-7-5-9-21(23)24/h4-16,24-26H,1-3H3/t24?,25-,26-,30?/m1/s1. The molecule has 4 aliphatic rings. The third-order valence-electron chi connectivity index (χ3n) is 7.88. The molecule has 3 aromatic carbocycles. The van der Waals surface area contributed by atoms with Crippen molar-refractivity contribution in [2.24, 2.45) is 11.8 Å². The third-order valence-corrected chi connectivity index (χ3v) is 7.88. The van der Waals surface area contributed by atoms with Crippen molar-refractivity contribution < 1.29 is 23.9 Å². The van der Waals surface area contributed by atoms with E-state index in [1.807, 2.05) is 48.5 Å². The molecule has 1 heterocycles. The smallest absolute Gasteiger partial charge is 0.338 e. The van der Waals surface area contributed by atoms with Gasteiger partial charge in [-0.1, -0.05) is 48.5 Å². The van der Waals surface area contributed by atoms with E-state index in [1.54, 1.807) is 38.1 Å². The van der Waals surface area contributed by atoms with Crippen LogP contribution in [0.25, 0.3) is 0 Å². The number of Topliss-reactive ketones (excluding diaryl/α,β-unsaturated/α-hetero) is 1. The maximum absolute atomic E-state index is 14.1. The highest BCUT2D eigenvalue weighted by Crippen LogP contribution is 2.64. The van der Waals surface area contributed by atoms with Crippen molar-refractivity contribution in [2.75, 3.05) is 4.90 Å². The lowest BCUT2D eigenvalue weighted by molar-refractivity contribution is -0.132. The maximum Gasteiger partial charge on any atom is 0.338 e. The van der Waals surface area contributed by atoms with Crippen molar-refractivity contribution in [3.8, 4) is 0 Å². The molecule has 1 fully saturated rings. The number of hydrogen-bond acceptors (Lipinski definition) is 5. The summed E-state index contributed by atoms with van der Waals surface area (Å²) in [5, 5.41) is 0. The maximum atomic E-state index is 14.1. The summed E-state index contributed by atoms with van der Waals surface area (Å²) in [7, 11) is 0. The Morgan fingerprint density at radius 3 is 1.92 bits per heavy atom. The Bertz CT molecular complexity index is 1410. The summed E-state index contributed by atoms with van der Waals surface area (Å²) in [5.41, 5.74) is 2.99. The Morgan fingerprint density at radius 1 is 0.833 bits per heavy atom. The van der Waals surface area contributed by atoms with Crippen LogP contribution in [0.1, 0.15) is 59.3 Å². The third kappa shape index (κ3) is 2.72. The van der Waals surface area contributed by atoms with Crippen molar-refractivity contribution >= 4 is 29.3 Å². The summed E-state index contributed by atoms with van der Waals surface area (Å²) in [6.07, 6.45) is -0.261. The summed E-state index contributed by atoms with van der Waals surface area (Å²) in [6, 6.07) is 21.7. The predicted molar refractivity (Wildman–Crippen MR) is 133 cm³/mol. The molecule has 0 spiro atoms. The number of benzene rings is 3. The van der Waals surface area contributed by atoms with E-state index >= 15 is 0 Å². The quantitative estimate of drug-likeness (QED) is 0.410. The number of carbonyl (C=O) groups excluding carboxylic acids is 4. The number of esters is 1. The average molecular weight is 480 g/mol. The van der Waals surface area contributed by atoms with Gasteiger partial charge in [0.15, 0.2) is 0 Å².